The lowest BCUT2D eigenvalue weighted by molar-refractivity contribution is 0.581. The van der Waals surface area contributed by atoms with Crippen LogP contribution in [0.15, 0.2) is 66.0 Å². The molecular formula is C17H18N4O2S. The molecule has 0 bridgehead atoms. The molecule has 2 heterocycles. The molecular weight excluding hydrogens is 324 g/mol. The molecule has 1 aromatic carbocycles. The average Bonchev–Trinajstić information content (AvgIpc) is 3.15. The molecule has 0 radical (unpaired) electrons. The zero-order valence-electron chi connectivity index (χ0n) is 13.3. The molecule has 2 aromatic heterocycles. The van der Waals surface area contributed by atoms with Crippen LogP contribution in [0.2, 0.25) is 0 Å². The van der Waals surface area contributed by atoms with E-state index in [0.29, 0.717) is 5.82 Å². The fraction of sp³-hybridized carbons (Fsp3) is 0.176. The lowest BCUT2D eigenvalue weighted by atomic mass is 10.2. The standard InChI is InChI=1S/C17H18N4O2S/c1-2-14-4-7-16(8-5-14)24(22,23)20-13-15-6-9-17(18-12-15)21-11-3-10-19-21/h3-12,20H,2,13H2,1H3. The number of nitrogens with one attached hydrogen (secondary N) is 1. The van der Waals surface area contributed by atoms with Crippen LogP contribution in [0.3, 0.4) is 0 Å². The van der Waals surface area contributed by atoms with Gasteiger partial charge in [-0.3, -0.25) is 0 Å². The number of sulfonamides is 1. The number of rotatable bonds is 6. The van der Waals surface area contributed by atoms with Crippen LogP contribution in [0.25, 0.3) is 5.82 Å². The topological polar surface area (TPSA) is 76.9 Å². The quantitative estimate of drug-likeness (QED) is 0.746. The van der Waals surface area contributed by atoms with E-state index in [2.05, 4.69) is 14.8 Å². The first-order chi connectivity index (χ1) is 11.6. The average molecular weight is 342 g/mol. The molecule has 0 aliphatic rings. The van der Waals surface area contributed by atoms with E-state index in [1.807, 2.05) is 31.2 Å². The van der Waals surface area contributed by atoms with Crippen LogP contribution in [0.1, 0.15) is 18.1 Å². The van der Waals surface area contributed by atoms with E-state index >= 15 is 0 Å². The molecule has 0 aliphatic carbocycles. The Morgan fingerprint density at radius 3 is 2.42 bits per heavy atom. The Hall–Kier alpha value is -2.51. The molecule has 0 spiro atoms. The number of benzene rings is 1. The van der Waals surface area contributed by atoms with Gasteiger partial charge in [0.2, 0.25) is 10.0 Å². The molecule has 124 valence electrons. The van der Waals surface area contributed by atoms with Gasteiger partial charge in [0.05, 0.1) is 4.90 Å². The van der Waals surface area contributed by atoms with Gasteiger partial charge in [-0.2, -0.15) is 5.10 Å². The second kappa shape index (κ2) is 6.94. The molecule has 3 aromatic rings. The summed E-state index contributed by atoms with van der Waals surface area (Å²) >= 11 is 0. The lowest BCUT2D eigenvalue weighted by Crippen LogP contribution is -2.23. The summed E-state index contributed by atoms with van der Waals surface area (Å²) < 4.78 is 28.9. The van der Waals surface area contributed by atoms with Crippen molar-refractivity contribution in [2.45, 2.75) is 24.8 Å². The molecule has 24 heavy (non-hydrogen) atoms. The van der Waals surface area contributed by atoms with Crippen molar-refractivity contribution < 1.29 is 8.42 Å². The molecule has 0 atom stereocenters. The third-order valence-corrected chi connectivity index (χ3v) is 5.07. The van der Waals surface area contributed by atoms with Gasteiger partial charge in [-0.1, -0.05) is 25.1 Å². The Morgan fingerprint density at radius 1 is 1.08 bits per heavy atom. The molecule has 3 rings (SSSR count). The maximum absolute atomic E-state index is 12.3. The van der Waals surface area contributed by atoms with E-state index in [4.69, 9.17) is 0 Å². The summed E-state index contributed by atoms with van der Waals surface area (Å²) in [5.41, 5.74) is 1.88. The summed E-state index contributed by atoms with van der Waals surface area (Å²) in [5, 5.41) is 4.10. The summed E-state index contributed by atoms with van der Waals surface area (Å²) in [6.07, 6.45) is 5.99. The SMILES string of the molecule is CCc1ccc(S(=O)(=O)NCc2ccc(-n3cccn3)nc2)cc1. The Bertz CT molecular complexity index is 887. The number of hydrogen-bond acceptors (Lipinski definition) is 4. The van der Waals surface area contributed by atoms with E-state index in [1.54, 1.807) is 41.5 Å². The van der Waals surface area contributed by atoms with Gasteiger partial charge in [0.1, 0.15) is 0 Å². The first kappa shape index (κ1) is 16.4. The predicted molar refractivity (Wildman–Crippen MR) is 91.2 cm³/mol. The van der Waals surface area contributed by atoms with Gasteiger partial charge < -0.3 is 0 Å². The number of nitrogens with zero attached hydrogens (tertiary/aromatic N) is 3. The van der Waals surface area contributed by atoms with Gasteiger partial charge in [-0.15, -0.1) is 0 Å². The number of aromatic nitrogens is 3. The van der Waals surface area contributed by atoms with Gasteiger partial charge in [0.15, 0.2) is 5.82 Å². The fourth-order valence-corrected chi connectivity index (χ4v) is 3.24. The molecule has 0 unspecified atom stereocenters. The summed E-state index contributed by atoms with van der Waals surface area (Å²) in [6.45, 7) is 2.21. The molecule has 0 amide bonds. The highest BCUT2D eigenvalue weighted by atomic mass is 32.2. The maximum atomic E-state index is 12.3. The van der Waals surface area contributed by atoms with Crippen LogP contribution in [0.5, 0.6) is 0 Å². The highest BCUT2D eigenvalue weighted by molar-refractivity contribution is 7.89. The van der Waals surface area contributed by atoms with Crippen LogP contribution in [0, 0.1) is 0 Å². The number of pyridine rings is 1. The van der Waals surface area contributed by atoms with Gasteiger partial charge in [-0.05, 0) is 41.8 Å². The molecule has 0 saturated heterocycles. The Labute approximate surface area is 141 Å². The van der Waals surface area contributed by atoms with Crippen LogP contribution >= 0.6 is 0 Å². The minimum absolute atomic E-state index is 0.185. The minimum Gasteiger partial charge on any atom is -0.237 e. The Morgan fingerprint density at radius 2 is 1.83 bits per heavy atom. The lowest BCUT2D eigenvalue weighted by Gasteiger charge is -2.08. The van der Waals surface area contributed by atoms with Crippen molar-refractivity contribution >= 4 is 10.0 Å². The number of hydrogen-bond donors (Lipinski definition) is 1. The van der Waals surface area contributed by atoms with Crippen molar-refractivity contribution in [1.29, 1.82) is 0 Å². The Kier molecular flexibility index (Phi) is 4.73. The van der Waals surface area contributed by atoms with Crippen molar-refractivity contribution in [3.8, 4) is 5.82 Å². The second-order valence-corrected chi connectivity index (χ2v) is 7.06. The van der Waals surface area contributed by atoms with Crippen LogP contribution < -0.4 is 4.72 Å². The third-order valence-electron chi connectivity index (χ3n) is 3.66. The number of aryl methyl sites for hydroxylation is 1. The predicted octanol–water partition coefficient (Wildman–Crippen LogP) is 2.31. The van der Waals surface area contributed by atoms with Gasteiger partial charge in [0.25, 0.3) is 0 Å². The van der Waals surface area contributed by atoms with E-state index in [9.17, 15) is 8.42 Å². The maximum Gasteiger partial charge on any atom is 0.240 e. The van der Waals surface area contributed by atoms with Gasteiger partial charge >= 0.3 is 0 Å². The zero-order valence-corrected chi connectivity index (χ0v) is 14.1. The summed E-state index contributed by atoms with van der Waals surface area (Å²) in [5.74, 6) is 0.682. The monoisotopic (exact) mass is 342 g/mol. The van der Waals surface area contributed by atoms with Crippen molar-refractivity contribution in [2.24, 2.45) is 0 Å². The smallest absolute Gasteiger partial charge is 0.237 e. The van der Waals surface area contributed by atoms with Crippen LogP contribution in [-0.4, -0.2) is 23.2 Å². The fourth-order valence-electron chi connectivity index (χ4n) is 2.23. The summed E-state index contributed by atoms with van der Waals surface area (Å²) in [6, 6.07) is 12.3. The van der Waals surface area contributed by atoms with Crippen molar-refractivity contribution in [2.75, 3.05) is 0 Å². The van der Waals surface area contributed by atoms with E-state index < -0.39 is 10.0 Å². The van der Waals surface area contributed by atoms with E-state index in [0.717, 1.165) is 17.5 Å². The first-order valence-corrected chi connectivity index (χ1v) is 9.10. The summed E-state index contributed by atoms with van der Waals surface area (Å²) in [4.78, 5) is 4.55. The van der Waals surface area contributed by atoms with E-state index in [-0.39, 0.29) is 11.4 Å². The molecule has 1 N–H and O–H groups in total. The van der Waals surface area contributed by atoms with Crippen molar-refractivity contribution in [1.82, 2.24) is 19.5 Å². The highest BCUT2D eigenvalue weighted by Crippen LogP contribution is 2.12. The third kappa shape index (κ3) is 3.69. The molecule has 7 heteroatoms. The normalized spacial score (nSPS) is 11.5. The van der Waals surface area contributed by atoms with Gasteiger partial charge in [-0.25, -0.2) is 22.8 Å². The first-order valence-electron chi connectivity index (χ1n) is 7.62. The van der Waals surface area contributed by atoms with E-state index in [1.165, 1.54) is 0 Å². The molecule has 0 fully saturated rings. The molecule has 0 saturated carbocycles. The molecule has 0 aliphatic heterocycles. The molecule has 6 nitrogen and oxygen atoms in total. The van der Waals surface area contributed by atoms with Crippen molar-refractivity contribution in [3.63, 3.8) is 0 Å². The zero-order chi connectivity index (χ0) is 17.0. The van der Waals surface area contributed by atoms with Crippen LogP contribution in [0.4, 0.5) is 0 Å². The second-order valence-electron chi connectivity index (χ2n) is 5.30. The van der Waals surface area contributed by atoms with Crippen molar-refractivity contribution in [3.05, 3.63) is 72.2 Å². The largest absolute Gasteiger partial charge is 0.240 e. The minimum atomic E-state index is -3.53. The summed E-state index contributed by atoms with van der Waals surface area (Å²) in [7, 11) is -3.53. The van der Waals surface area contributed by atoms with Gasteiger partial charge in [0, 0.05) is 25.1 Å². The highest BCUT2D eigenvalue weighted by Gasteiger charge is 2.13. The van der Waals surface area contributed by atoms with Crippen LogP contribution in [-0.2, 0) is 23.0 Å². The Balaban J connectivity index is 1.67.